The Labute approximate surface area is 121 Å². The summed E-state index contributed by atoms with van der Waals surface area (Å²) in [5, 5.41) is 0. The fourth-order valence-corrected chi connectivity index (χ4v) is 1.70. The van der Waals surface area contributed by atoms with Crippen LogP contribution in [0.5, 0.6) is 0 Å². The van der Waals surface area contributed by atoms with Gasteiger partial charge in [0.05, 0.1) is 6.61 Å². The first-order valence-electron chi connectivity index (χ1n) is 7.15. The molecule has 0 spiro atoms. The third-order valence-electron chi connectivity index (χ3n) is 2.90. The molecular formula is C16H25NO3. The van der Waals surface area contributed by atoms with E-state index in [-0.39, 0.29) is 5.97 Å². The molecule has 20 heavy (non-hydrogen) atoms. The summed E-state index contributed by atoms with van der Waals surface area (Å²) in [4.78, 5) is 11.5. The van der Waals surface area contributed by atoms with E-state index in [1.165, 1.54) is 0 Å². The quantitative estimate of drug-likeness (QED) is 0.429. The van der Waals surface area contributed by atoms with Gasteiger partial charge in [-0.05, 0) is 36.5 Å². The predicted molar refractivity (Wildman–Crippen MR) is 80.4 cm³/mol. The standard InChI is InChI=1S/C16H25NO3/c1-13(2)8-9-19-10-11-20-16(18)7-6-14-4-3-5-15(17)12-14/h3-5,12-13H,6-11,17H2,1-2H3. The van der Waals surface area contributed by atoms with Crippen LogP contribution in [0.15, 0.2) is 24.3 Å². The van der Waals surface area contributed by atoms with E-state index >= 15 is 0 Å². The second kappa shape index (κ2) is 9.37. The van der Waals surface area contributed by atoms with Crippen molar-refractivity contribution in [3.8, 4) is 0 Å². The number of nitrogen functional groups attached to an aromatic ring is 1. The molecule has 4 heteroatoms. The van der Waals surface area contributed by atoms with Crippen LogP contribution in [0.4, 0.5) is 5.69 Å². The Hall–Kier alpha value is -1.55. The molecule has 4 nitrogen and oxygen atoms in total. The number of aryl methyl sites for hydroxylation is 1. The Morgan fingerprint density at radius 3 is 2.75 bits per heavy atom. The van der Waals surface area contributed by atoms with Crippen LogP contribution < -0.4 is 5.73 Å². The lowest BCUT2D eigenvalue weighted by Gasteiger charge is -2.07. The molecule has 112 valence electrons. The lowest BCUT2D eigenvalue weighted by atomic mass is 10.1. The second-order valence-corrected chi connectivity index (χ2v) is 5.26. The van der Waals surface area contributed by atoms with Gasteiger partial charge < -0.3 is 15.2 Å². The SMILES string of the molecule is CC(C)CCOCCOC(=O)CCc1cccc(N)c1. The van der Waals surface area contributed by atoms with Crippen molar-refractivity contribution >= 4 is 11.7 Å². The average molecular weight is 279 g/mol. The molecule has 0 radical (unpaired) electrons. The summed E-state index contributed by atoms with van der Waals surface area (Å²) < 4.78 is 10.5. The van der Waals surface area contributed by atoms with Gasteiger partial charge in [-0.1, -0.05) is 26.0 Å². The smallest absolute Gasteiger partial charge is 0.306 e. The number of benzene rings is 1. The molecule has 2 N–H and O–H groups in total. The highest BCUT2D eigenvalue weighted by molar-refractivity contribution is 5.69. The van der Waals surface area contributed by atoms with Gasteiger partial charge in [-0.25, -0.2) is 0 Å². The van der Waals surface area contributed by atoms with Crippen molar-refractivity contribution in [2.24, 2.45) is 5.92 Å². The summed E-state index contributed by atoms with van der Waals surface area (Å²) in [6, 6.07) is 7.55. The molecule has 0 aliphatic rings. The maximum absolute atomic E-state index is 11.5. The Kier molecular flexibility index (Phi) is 7.73. The number of carbonyl (C=O) groups is 1. The summed E-state index contributed by atoms with van der Waals surface area (Å²) in [5.41, 5.74) is 7.45. The molecule has 0 aliphatic carbocycles. The first kappa shape index (κ1) is 16.5. The highest BCUT2D eigenvalue weighted by Crippen LogP contribution is 2.09. The molecule has 1 rings (SSSR count). The van der Waals surface area contributed by atoms with Gasteiger partial charge in [-0.3, -0.25) is 4.79 Å². The van der Waals surface area contributed by atoms with Crippen LogP contribution in [0.25, 0.3) is 0 Å². The summed E-state index contributed by atoms with van der Waals surface area (Å²) in [6.45, 7) is 5.82. The fourth-order valence-electron chi connectivity index (χ4n) is 1.70. The van der Waals surface area contributed by atoms with Gasteiger partial charge in [0.25, 0.3) is 0 Å². The minimum Gasteiger partial charge on any atom is -0.463 e. The van der Waals surface area contributed by atoms with Crippen molar-refractivity contribution in [3.63, 3.8) is 0 Å². The van der Waals surface area contributed by atoms with Crippen molar-refractivity contribution in [2.75, 3.05) is 25.6 Å². The maximum atomic E-state index is 11.5. The molecule has 0 fully saturated rings. The number of carbonyl (C=O) groups excluding carboxylic acids is 1. The number of hydrogen-bond donors (Lipinski definition) is 1. The molecule has 0 heterocycles. The maximum Gasteiger partial charge on any atom is 0.306 e. The van der Waals surface area contributed by atoms with E-state index in [2.05, 4.69) is 13.8 Å². The van der Waals surface area contributed by atoms with Crippen LogP contribution in [0.2, 0.25) is 0 Å². The van der Waals surface area contributed by atoms with Crippen LogP contribution in [-0.4, -0.2) is 25.8 Å². The Morgan fingerprint density at radius 1 is 1.25 bits per heavy atom. The summed E-state index contributed by atoms with van der Waals surface area (Å²) in [6.07, 6.45) is 2.05. The van der Waals surface area contributed by atoms with E-state index < -0.39 is 0 Å². The third kappa shape index (κ3) is 7.79. The molecule has 0 unspecified atom stereocenters. The molecule has 0 saturated heterocycles. The molecule has 0 bridgehead atoms. The first-order valence-corrected chi connectivity index (χ1v) is 7.15. The van der Waals surface area contributed by atoms with E-state index in [1.807, 2.05) is 24.3 Å². The van der Waals surface area contributed by atoms with Crippen molar-refractivity contribution in [1.29, 1.82) is 0 Å². The monoisotopic (exact) mass is 279 g/mol. The van der Waals surface area contributed by atoms with Crippen LogP contribution in [0.3, 0.4) is 0 Å². The number of anilines is 1. The fraction of sp³-hybridized carbons (Fsp3) is 0.562. The predicted octanol–water partition coefficient (Wildman–Crippen LogP) is 2.81. The van der Waals surface area contributed by atoms with Crippen LogP contribution >= 0.6 is 0 Å². The van der Waals surface area contributed by atoms with E-state index in [0.29, 0.717) is 32.0 Å². The van der Waals surface area contributed by atoms with Crippen molar-refractivity contribution < 1.29 is 14.3 Å². The minimum atomic E-state index is -0.195. The highest BCUT2D eigenvalue weighted by atomic mass is 16.6. The number of esters is 1. The Morgan fingerprint density at radius 2 is 2.05 bits per heavy atom. The van der Waals surface area contributed by atoms with Gasteiger partial charge in [-0.15, -0.1) is 0 Å². The van der Waals surface area contributed by atoms with Gasteiger partial charge in [0.1, 0.15) is 6.61 Å². The largest absolute Gasteiger partial charge is 0.463 e. The highest BCUT2D eigenvalue weighted by Gasteiger charge is 2.04. The lowest BCUT2D eigenvalue weighted by molar-refractivity contribution is -0.145. The van der Waals surface area contributed by atoms with Gasteiger partial charge in [-0.2, -0.15) is 0 Å². The van der Waals surface area contributed by atoms with Gasteiger partial charge in [0.15, 0.2) is 0 Å². The van der Waals surface area contributed by atoms with Crippen molar-refractivity contribution in [1.82, 2.24) is 0 Å². The normalized spacial score (nSPS) is 10.8. The lowest BCUT2D eigenvalue weighted by Crippen LogP contribution is -2.12. The summed E-state index contributed by atoms with van der Waals surface area (Å²) >= 11 is 0. The molecule has 0 aliphatic heterocycles. The molecule has 0 aromatic heterocycles. The molecule has 1 aromatic carbocycles. The van der Waals surface area contributed by atoms with Crippen molar-refractivity contribution in [2.45, 2.75) is 33.1 Å². The summed E-state index contributed by atoms with van der Waals surface area (Å²) in [7, 11) is 0. The topological polar surface area (TPSA) is 61.5 Å². The number of nitrogens with two attached hydrogens (primary N) is 1. The molecule has 1 aromatic rings. The average Bonchev–Trinajstić information content (AvgIpc) is 2.40. The first-order chi connectivity index (χ1) is 9.58. The zero-order valence-corrected chi connectivity index (χ0v) is 12.4. The van der Waals surface area contributed by atoms with E-state index in [4.69, 9.17) is 15.2 Å². The van der Waals surface area contributed by atoms with Crippen LogP contribution in [0, 0.1) is 5.92 Å². The van der Waals surface area contributed by atoms with Crippen LogP contribution in [-0.2, 0) is 20.7 Å². The summed E-state index contributed by atoms with van der Waals surface area (Å²) in [5.74, 6) is 0.441. The van der Waals surface area contributed by atoms with Gasteiger partial charge >= 0.3 is 5.97 Å². The Bertz CT molecular complexity index is 404. The molecule has 0 saturated carbocycles. The van der Waals surface area contributed by atoms with E-state index in [0.717, 1.165) is 24.3 Å². The van der Waals surface area contributed by atoms with Gasteiger partial charge in [0.2, 0.25) is 0 Å². The third-order valence-corrected chi connectivity index (χ3v) is 2.90. The van der Waals surface area contributed by atoms with Crippen molar-refractivity contribution in [3.05, 3.63) is 29.8 Å². The number of rotatable bonds is 9. The molecular weight excluding hydrogens is 254 g/mol. The number of hydrogen-bond acceptors (Lipinski definition) is 4. The molecule has 0 atom stereocenters. The zero-order chi connectivity index (χ0) is 14.8. The number of ether oxygens (including phenoxy) is 2. The zero-order valence-electron chi connectivity index (χ0n) is 12.4. The second-order valence-electron chi connectivity index (χ2n) is 5.26. The Balaban J connectivity index is 2.06. The molecule has 0 amide bonds. The minimum absolute atomic E-state index is 0.195. The van der Waals surface area contributed by atoms with E-state index in [9.17, 15) is 4.79 Å². The van der Waals surface area contributed by atoms with Crippen LogP contribution in [0.1, 0.15) is 32.3 Å². The van der Waals surface area contributed by atoms with E-state index in [1.54, 1.807) is 0 Å². The van der Waals surface area contributed by atoms with Gasteiger partial charge in [0, 0.05) is 18.7 Å².